The molecule has 196 valence electrons. The van der Waals surface area contributed by atoms with E-state index in [0.717, 1.165) is 5.57 Å². The lowest BCUT2D eigenvalue weighted by molar-refractivity contribution is -0.233. The third kappa shape index (κ3) is 3.04. The van der Waals surface area contributed by atoms with Crippen molar-refractivity contribution in [1.82, 2.24) is 4.90 Å². The molecule has 2 saturated heterocycles. The van der Waals surface area contributed by atoms with Gasteiger partial charge in [0.1, 0.15) is 16.6 Å². The Morgan fingerprint density at radius 3 is 2.47 bits per heavy atom. The number of aliphatic hydroxyl groups is 1. The van der Waals surface area contributed by atoms with Gasteiger partial charge in [0.15, 0.2) is 17.9 Å². The summed E-state index contributed by atoms with van der Waals surface area (Å²) in [4.78, 5) is 42.4. The predicted octanol–water partition coefficient (Wildman–Crippen LogP) is 2.85. The minimum Gasteiger partial charge on any atom is -0.390 e. The van der Waals surface area contributed by atoms with E-state index in [2.05, 4.69) is 6.92 Å². The number of aliphatic hydroxyl groups excluding tert-OH is 1. The fraction of sp³-hybridized carbons (Fsp3) is 0.679. The van der Waals surface area contributed by atoms with Gasteiger partial charge < -0.3 is 19.3 Å². The van der Waals surface area contributed by atoms with Gasteiger partial charge in [0, 0.05) is 31.1 Å². The predicted molar refractivity (Wildman–Crippen MR) is 130 cm³/mol. The van der Waals surface area contributed by atoms with E-state index in [0.29, 0.717) is 30.5 Å². The summed E-state index contributed by atoms with van der Waals surface area (Å²) >= 11 is 0. The third-order valence-electron chi connectivity index (χ3n) is 9.20. The van der Waals surface area contributed by atoms with E-state index in [4.69, 9.17) is 14.2 Å². The summed E-state index contributed by atoms with van der Waals surface area (Å²) in [6.07, 6.45) is 4.51. The number of fused-ring (bicyclic) bond motifs is 2. The second kappa shape index (κ2) is 8.18. The SMILES string of the molecule is CC[C@@]12C=C(C)[C@@H]3[C@@H](C)[C@H](O[C@@H]4CC[C@@H](O)[C@@H](C)O4)C4=CC(=O)C=C(N1C(=O)C(C)(C)C2=O)[C@@]43OC. The molecule has 0 bridgehead atoms. The Kier molecular flexibility index (Phi) is 5.80. The molecule has 5 rings (SSSR count). The molecule has 8 heteroatoms. The molecule has 3 heterocycles. The van der Waals surface area contributed by atoms with Gasteiger partial charge in [0.2, 0.25) is 5.91 Å². The number of ketones is 2. The molecule has 2 aliphatic carbocycles. The fourth-order valence-corrected chi connectivity index (χ4v) is 7.41. The van der Waals surface area contributed by atoms with Gasteiger partial charge in [-0.25, -0.2) is 0 Å². The molecule has 0 aromatic carbocycles. The maximum atomic E-state index is 13.9. The average Bonchev–Trinajstić information content (AvgIpc) is 3.10. The van der Waals surface area contributed by atoms with Crippen molar-refractivity contribution in [2.45, 2.75) is 96.5 Å². The van der Waals surface area contributed by atoms with Crippen molar-refractivity contribution >= 4 is 17.5 Å². The molecule has 5 aliphatic rings. The largest absolute Gasteiger partial charge is 0.390 e. The number of rotatable bonds is 4. The maximum absolute atomic E-state index is 13.9. The number of nitrogens with zero attached hydrogens (tertiary/aromatic N) is 1. The Balaban J connectivity index is 1.67. The van der Waals surface area contributed by atoms with Gasteiger partial charge in [-0.05, 0) is 52.5 Å². The van der Waals surface area contributed by atoms with E-state index >= 15 is 0 Å². The number of carbonyl (C=O) groups is 3. The first kappa shape index (κ1) is 25.5. The van der Waals surface area contributed by atoms with Crippen molar-refractivity contribution in [2.24, 2.45) is 17.3 Å². The highest BCUT2D eigenvalue weighted by atomic mass is 16.7. The molecule has 1 saturated carbocycles. The first-order valence-corrected chi connectivity index (χ1v) is 13.0. The number of ether oxygens (including phenoxy) is 3. The Bertz CT molecular complexity index is 1120. The molecule has 0 radical (unpaired) electrons. The van der Waals surface area contributed by atoms with Crippen molar-refractivity contribution < 1.29 is 33.7 Å². The number of Topliss-reactive ketones (excluding diaryl/α,β-unsaturated/α-hetero) is 1. The lowest BCUT2D eigenvalue weighted by Crippen LogP contribution is -2.54. The maximum Gasteiger partial charge on any atom is 0.241 e. The van der Waals surface area contributed by atoms with Gasteiger partial charge in [0.25, 0.3) is 0 Å². The summed E-state index contributed by atoms with van der Waals surface area (Å²) in [7, 11) is 1.59. The van der Waals surface area contributed by atoms with Crippen molar-refractivity contribution in [3.63, 3.8) is 0 Å². The van der Waals surface area contributed by atoms with Crippen LogP contribution in [0.15, 0.2) is 35.1 Å². The number of amides is 1. The molecular weight excluding hydrogens is 462 g/mol. The summed E-state index contributed by atoms with van der Waals surface area (Å²) in [5.74, 6) is -1.16. The molecule has 0 aromatic heterocycles. The molecule has 1 amide bonds. The van der Waals surface area contributed by atoms with Crippen LogP contribution >= 0.6 is 0 Å². The zero-order chi connectivity index (χ0) is 26.4. The van der Waals surface area contributed by atoms with E-state index in [-0.39, 0.29) is 35.4 Å². The van der Waals surface area contributed by atoms with Crippen LogP contribution < -0.4 is 0 Å². The van der Waals surface area contributed by atoms with E-state index in [9.17, 15) is 19.5 Å². The minimum atomic E-state index is -1.23. The van der Waals surface area contributed by atoms with Crippen LogP contribution in [0.3, 0.4) is 0 Å². The van der Waals surface area contributed by atoms with E-state index < -0.39 is 35.1 Å². The van der Waals surface area contributed by atoms with Crippen LogP contribution in [0.4, 0.5) is 0 Å². The molecule has 0 aromatic rings. The topological polar surface area (TPSA) is 102 Å². The smallest absolute Gasteiger partial charge is 0.241 e. The number of allylic oxidation sites excluding steroid dienone is 2. The first-order chi connectivity index (χ1) is 16.9. The molecule has 36 heavy (non-hydrogen) atoms. The summed E-state index contributed by atoms with van der Waals surface area (Å²) in [6, 6.07) is 0. The number of carbonyl (C=O) groups excluding carboxylic acids is 3. The van der Waals surface area contributed by atoms with Gasteiger partial charge in [-0.1, -0.05) is 25.5 Å². The molecule has 1 N–H and O–H groups in total. The van der Waals surface area contributed by atoms with Crippen molar-refractivity contribution in [3.05, 3.63) is 35.1 Å². The molecule has 0 spiro atoms. The summed E-state index contributed by atoms with van der Waals surface area (Å²) in [6.45, 7) is 11.1. The molecular formula is C28H37NO7. The lowest BCUT2D eigenvalue weighted by atomic mass is 9.75. The second-order valence-corrected chi connectivity index (χ2v) is 11.5. The molecule has 3 fully saturated rings. The van der Waals surface area contributed by atoms with Crippen LogP contribution in [0.1, 0.15) is 60.8 Å². The molecule has 8 nitrogen and oxygen atoms in total. The third-order valence-corrected chi connectivity index (χ3v) is 9.20. The van der Waals surface area contributed by atoms with E-state index in [1.54, 1.807) is 31.9 Å². The molecule has 0 unspecified atom stereocenters. The molecule has 3 aliphatic heterocycles. The summed E-state index contributed by atoms with van der Waals surface area (Å²) in [5.41, 5.74) is -1.54. The van der Waals surface area contributed by atoms with Crippen molar-refractivity contribution in [2.75, 3.05) is 7.11 Å². The van der Waals surface area contributed by atoms with Crippen LogP contribution in [0.2, 0.25) is 0 Å². The van der Waals surface area contributed by atoms with Gasteiger partial charge in [-0.3, -0.25) is 19.3 Å². The standard InChI is InChI=1S/C28H37NO7/c1-8-27-13-14(2)22-15(3)23(36-21-10-9-19(31)16(4)35-21)18-11-17(30)12-20(28(18,22)34-7)29(27)25(33)26(5,6)24(27)32/h11-13,15-16,19,21-23,31H,8-10H2,1-7H3/t15-,16-,19-,21-,22-,23+,27+,28+/m1/s1. The summed E-state index contributed by atoms with van der Waals surface area (Å²) in [5, 5.41) is 10.1. The van der Waals surface area contributed by atoms with Gasteiger partial charge in [-0.15, -0.1) is 0 Å². The van der Waals surface area contributed by atoms with Crippen LogP contribution in [0.25, 0.3) is 0 Å². The minimum absolute atomic E-state index is 0.139. The van der Waals surface area contributed by atoms with Crippen molar-refractivity contribution in [1.29, 1.82) is 0 Å². The highest BCUT2D eigenvalue weighted by molar-refractivity contribution is 6.18. The quantitative estimate of drug-likeness (QED) is 0.469. The first-order valence-electron chi connectivity index (χ1n) is 13.0. The normalized spacial score (nSPS) is 43.5. The Morgan fingerprint density at radius 2 is 1.86 bits per heavy atom. The van der Waals surface area contributed by atoms with Gasteiger partial charge >= 0.3 is 0 Å². The molecule has 8 atom stereocenters. The second-order valence-electron chi connectivity index (χ2n) is 11.5. The monoisotopic (exact) mass is 499 g/mol. The zero-order valence-electron chi connectivity index (χ0n) is 22.2. The van der Waals surface area contributed by atoms with E-state index in [1.807, 2.05) is 26.8 Å². The lowest BCUT2D eigenvalue weighted by Gasteiger charge is -2.44. The van der Waals surface area contributed by atoms with Crippen LogP contribution in [-0.4, -0.2) is 70.3 Å². The van der Waals surface area contributed by atoms with Gasteiger partial charge in [0.05, 0.1) is 24.0 Å². The van der Waals surface area contributed by atoms with Crippen LogP contribution in [0.5, 0.6) is 0 Å². The van der Waals surface area contributed by atoms with Gasteiger partial charge in [-0.2, -0.15) is 0 Å². The summed E-state index contributed by atoms with van der Waals surface area (Å²) < 4.78 is 18.8. The van der Waals surface area contributed by atoms with Crippen molar-refractivity contribution in [3.8, 4) is 0 Å². The average molecular weight is 500 g/mol. The zero-order valence-corrected chi connectivity index (χ0v) is 22.2. The van der Waals surface area contributed by atoms with E-state index in [1.165, 1.54) is 6.08 Å². The highest BCUT2D eigenvalue weighted by Gasteiger charge is 2.70. The van der Waals surface area contributed by atoms with Crippen LogP contribution in [0, 0.1) is 17.3 Å². The fourth-order valence-electron chi connectivity index (χ4n) is 7.41. The number of methoxy groups -OCH3 is 1. The Labute approximate surface area is 212 Å². The number of hydrogen-bond acceptors (Lipinski definition) is 7. The Morgan fingerprint density at radius 1 is 1.17 bits per heavy atom. The van der Waals surface area contributed by atoms with Crippen LogP contribution in [-0.2, 0) is 28.6 Å². The Hall–Kier alpha value is -2.13. The highest BCUT2D eigenvalue weighted by Crippen LogP contribution is 2.61. The number of hydrogen-bond donors (Lipinski definition) is 1.